The quantitative estimate of drug-likeness (QED) is 0.877. The molecule has 0 unspecified atom stereocenters. The Kier molecular flexibility index (Phi) is 3.24. The maximum absolute atomic E-state index is 13.0. The summed E-state index contributed by atoms with van der Waals surface area (Å²) in [7, 11) is 0. The molecule has 1 amide bonds. The van der Waals surface area contributed by atoms with Crippen molar-refractivity contribution in [3.05, 3.63) is 23.7 Å². The van der Waals surface area contributed by atoms with Crippen molar-refractivity contribution in [1.29, 1.82) is 0 Å². The first kappa shape index (κ1) is 15.0. The first-order valence-corrected chi connectivity index (χ1v) is 9.37. The van der Waals surface area contributed by atoms with E-state index in [-0.39, 0.29) is 17.6 Å². The summed E-state index contributed by atoms with van der Waals surface area (Å²) in [5.41, 5.74) is 2.05. The molecule has 6 heteroatoms. The number of carbonyl (C=O) groups excluding carboxylic acids is 2. The molecule has 5 rings (SSSR count). The Labute approximate surface area is 145 Å². The van der Waals surface area contributed by atoms with Gasteiger partial charge in [0.25, 0.3) is 5.91 Å². The van der Waals surface area contributed by atoms with Gasteiger partial charge in [-0.1, -0.05) is 12.8 Å². The molecule has 3 fully saturated rings. The Bertz CT molecular complexity index is 857. The summed E-state index contributed by atoms with van der Waals surface area (Å²) < 4.78 is 0. The molecule has 0 aromatic carbocycles. The van der Waals surface area contributed by atoms with Crippen LogP contribution in [0.15, 0.2) is 12.4 Å². The number of nitrogens with zero attached hydrogens (tertiary/aromatic N) is 2. The van der Waals surface area contributed by atoms with Crippen LogP contribution in [0, 0.1) is 5.92 Å². The number of nitrogens with one attached hydrogen (secondary N) is 2. The van der Waals surface area contributed by atoms with E-state index < -0.39 is 5.54 Å². The highest BCUT2D eigenvalue weighted by Gasteiger charge is 2.48. The largest absolute Gasteiger partial charge is 0.344 e. The smallest absolute Gasteiger partial charge is 0.255 e. The minimum absolute atomic E-state index is 0.155. The molecule has 25 heavy (non-hydrogen) atoms. The normalized spacial score (nSPS) is 22.2. The highest BCUT2D eigenvalue weighted by Crippen LogP contribution is 2.41. The molecule has 2 heterocycles. The zero-order valence-electron chi connectivity index (χ0n) is 14.2. The molecule has 130 valence electrons. The van der Waals surface area contributed by atoms with Gasteiger partial charge in [-0.25, -0.2) is 9.97 Å². The molecule has 2 N–H and O–H groups in total. The molecule has 0 atom stereocenters. The number of ketones is 1. The Morgan fingerprint density at radius 2 is 1.92 bits per heavy atom. The molecular weight excluding hydrogens is 316 g/mol. The van der Waals surface area contributed by atoms with Crippen LogP contribution in [0.4, 0.5) is 0 Å². The fourth-order valence-corrected chi connectivity index (χ4v) is 4.09. The Balaban J connectivity index is 1.46. The van der Waals surface area contributed by atoms with Gasteiger partial charge >= 0.3 is 0 Å². The SMILES string of the molecule is O=C(NC1(C(=O)C2CC2)CCCC1)c1c[nH]c2ncc(C3CC3)nc12. The molecular formula is C19H22N4O2. The Hall–Kier alpha value is -2.24. The van der Waals surface area contributed by atoms with E-state index in [4.69, 9.17) is 0 Å². The molecule has 3 aliphatic rings. The van der Waals surface area contributed by atoms with Gasteiger partial charge < -0.3 is 10.3 Å². The Morgan fingerprint density at radius 1 is 1.16 bits per heavy atom. The maximum atomic E-state index is 13.0. The second-order valence-electron chi connectivity index (χ2n) is 7.85. The van der Waals surface area contributed by atoms with Crippen LogP contribution in [-0.2, 0) is 4.79 Å². The highest BCUT2D eigenvalue weighted by atomic mass is 16.2. The van der Waals surface area contributed by atoms with E-state index in [0.29, 0.717) is 22.6 Å². The number of hydrogen-bond donors (Lipinski definition) is 2. The molecule has 0 bridgehead atoms. The average Bonchev–Trinajstić information content (AvgIpc) is 3.54. The lowest BCUT2D eigenvalue weighted by Gasteiger charge is -2.28. The second kappa shape index (κ2) is 5.38. The van der Waals surface area contributed by atoms with Gasteiger partial charge in [0.15, 0.2) is 11.4 Å². The summed E-state index contributed by atoms with van der Waals surface area (Å²) in [6.07, 6.45) is 11.2. The monoisotopic (exact) mass is 338 g/mol. The summed E-state index contributed by atoms with van der Waals surface area (Å²) in [5, 5.41) is 3.10. The van der Waals surface area contributed by atoms with Crippen LogP contribution in [0.2, 0.25) is 0 Å². The van der Waals surface area contributed by atoms with Crippen molar-refractivity contribution in [2.75, 3.05) is 0 Å². The lowest BCUT2D eigenvalue weighted by molar-refractivity contribution is -0.126. The third-order valence-electron chi connectivity index (χ3n) is 5.87. The minimum atomic E-state index is -0.663. The van der Waals surface area contributed by atoms with Crippen molar-refractivity contribution < 1.29 is 9.59 Å². The van der Waals surface area contributed by atoms with Gasteiger partial charge in [0.1, 0.15) is 5.52 Å². The lowest BCUT2D eigenvalue weighted by Crippen LogP contribution is -2.53. The van der Waals surface area contributed by atoms with E-state index in [1.54, 1.807) is 12.4 Å². The topological polar surface area (TPSA) is 87.7 Å². The number of aromatic nitrogens is 3. The fourth-order valence-electron chi connectivity index (χ4n) is 4.09. The van der Waals surface area contributed by atoms with Gasteiger partial charge in [0.2, 0.25) is 0 Å². The van der Waals surface area contributed by atoms with Crippen LogP contribution < -0.4 is 5.32 Å². The van der Waals surface area contributed by atoms with Gasteiger partial charge in [-0.2, -0.15) is 0 Å². The summed E-state index contributed by atoms with van der Waals surface area (Å²) in [6.45, 7) is 0. The number of aromatic amines is 1. The van der Waals surface area contributed by atoms with Gasteiger partial charge in [-0.15, -0.1) is 0 Å². The van der Waals surface area contributed by atoms with E-state index in [2.05, 4.69) is 20.3 Å². The lowest BCUT2D eigenvalue weighted by atomic mass is 9.88. The van der Waals surface area contributed by atoms with Gasteiger partial charge in [0, 0.05) is 18.0 Å². The number of carbonyl (C=O) groups is 2. The molecule has 2 aromatic heterocycles. The average molecular weight is 338 g/mol. The molecule has 3 aliphatic carbocycles. The van der Waals surface area contributed by atoms with Gasteiger partial charge in [-0.05, 0) is 38.5 Å². The number of hydrogen-bond acceptors (Lipinski definition) is 4. The van der Waals surface area contributed by atoms with E-state index in [1.807, 2.05) is 0 Å². The molecule has 0 radical (unpaired) electrons. The number of Topliss-reactive ketones (excluding diaryl/α,β-unsaturated/α-hetero) is 1. The summed E-state index contributed by atoms with van der Waals surface area (Å²) >= 11 is 0. The third kappa shape index (κ3) is 2.55. The van der Waals surface area contributed by atoms with E-state index in [0.717, 1.165) is 57.1 Å². The molecule has 0 aliphatic heterocycles. The Morgan fingerprint density at radius 3 is 2.60 bits per heavy atom. The number of H-pyrrole nitrogens is 1. The van der Waals surface area contributed by atoms with Gasteiger partial charge in [0.05, 0.1) is 23.0 Å². The van der Waals surface area contributed by atoms with Crippen molar-refractivity contribution >= 4 is 22.9 Å². The zero-order chi connectivity index (χ0) is 17.0. The predicted molar refractivity (Wildman–Crippen MR) is 92.3 cm³/mol. The van der Waals surface area contributed by atoms with Crippen LogP contribution in [0.1, 0.15) is 73.3 Å². The van der Waals surface area contributed by atoms with Gasteiger partial charge in [-0.3, -0.25) is 9.59 Å². The number of rotatable bonds is 5. The van der Waals surface area contributed by atoms with Crippen LogP contribution in [0.25, 0.3) is 11.2 Å². The first-order valence-electron chi connectivity index (χ1n) is 9.37. The maximum Gasteiger partial charge on any atom is 0.255 e. The van der Waals surface area contributed by atoms with Crippen molar-refractivity contribution in [3.8, 4) is 0 Å². The van der Waals surface area contributed by atoms with Crippen LogP contribution in [-0.4, -0.2) is 32.2 Å². The molecule has 0 saturated heterocycles. The molecule has 0 spiro atoms. The second-order valence-corrected chi connectivity index (χ2v) is 7.85. The summed E-state index contributed by atoms with van der Waals surface area (Å²) in [5.74, 6) is 0.676. The standard InChI is InChI=1S/C19H22N4O2/c24-16(12-5-6-12)19(7-1-2-8-19)23-18(25)13-9-20-17-15(13)22-14(10-21-17)11-3-4-11/h9-12H,1-8H2,(H,20,21)(H,23,25). The summed E-state index contributed by atoms with van der Waals surface area (Å²) in [6, 6.07) is 0. The zero-order valence-corrected chi connectivity index (χ0v) is 14.2. The van der Waals surface area contributed by atoms with Crippen molar-refractivity contribution in [1.82, 2.24) is 20.3 Å². The van der Waals surface area contributed by atoms with E-state index >= 15 is 0 Å². The van der Waals surface area contributed by atoms with E-state index in [9.17, 15) is 9.59 Å². The first-order chi connectivity index (χ1) is 12.2. The highest BCUT2D eigenvalue weighted by molar-refractivity contribution is 6.07. The van der Waals surface area contributed by atoms with Crippen molar-refractivity contribution in [2.24, 2.45) is 5.92 Å². The number of fused-ring (bicyclic) bond motifs is 1. The summed E-state index contributed by atoms with van der Waals surface area (Å²) in [4.78, 5) is 37.9. The minimum Gasteiger partial charge on any atom is -0.344 e. The van der Waals surface area contributed by atoms with Crippen LogP contribution >= 0.6 is 0 Å². The fraction of sp³-hybridized carbons (Fsp3) is 0.579. The molecule has 2 aromatic rings. The van der Waals surface area contributed by atoms with Crippen LogP contribution in [0.3, 0.4) is 0 Å². The van der Waals surface area contributed by atoms with E-state index in [1.165, 1.54) is 0 Å². The van der Waals surface area contributed by atoms with Crippen molar-refractivity contribution in [2.45, 2.75) is 62.8 Å². The predicted octanol–water partition coefficient (Wildman–Crippen LogP) is 2.86. The van der Waals surface area contributed by atoms with Crippen molar-refractivity contribution in [3.63, 3.8) is 0 Å². The third-order valence-corrected chi connectivity index (χ3v) is 5.87. The molecule has 3 saturated carbocycles. The molecule has 6 nitrogen and oxygen atoms in total. The number of amides is 1. The van der Waals surface area contributed by atoms with Crippen LogP contribution in [0.5, 0.6) is 0 Å².